The number of halogens is 5. The number of nitrogens with one attached hydrogen (secondary N) is 1. The summed E-state index contributed by atoms with van der Waals surface area (Å²) in [5, 5.41) is 2.58. The van der Waals surface area contributed by atoms with Gasteiger partial charge in [-0.05, 0) is 29.8 Å². The van der Waals surface area contributed by atoms with Gasteiger partial charge in [0.2, 0.25) is 0 Å². The third kappa shape index (κ3) is 3.80. The second-order valence-corrected chi connectivity index (χ2v) is 4.27. The van der Waals surface area contributed by atoms with E-state index >= 15 is 0 Å². The molecule has 112 valence electrons. The fourth-order valence-corrected chi connectivity index (χ4v) is 1.65. The molecule has 21 heavy (non-hydrogen) atoms. The fraction of sp³-hybridized carbons (Fsp3) is 0.154. The SMILES string of the molecule is Nc1cc(C(F)(F)F)cc(NCc2ccc(F)c(F)c2)n1. The van der Waals surface area contributed by atoms with Crippen molar-refractivity contribution in [3.8, 4) is 0 Å². The minimum absolute atomic E-state index is 0.0229. The van der Waals surface area contributed by atoms with Crippen molar-refractivity contribution in [3.63, 3.8) is 0 Å². The number of nitrogen functional groups attached to an aromatic ring is 1. The van der Waals surface area contributed by atoms with Crippen LogP contribution in [-0.4, -0.2) is 4.98 Å². The van der Waals surface area contributed by atoms with Crippen LogP contribution in [0.3, 0.4) is 0 Å². The summed E-state index contributed by atoms with van der Waals surface area (Å²) in [4.78, 5) is 3.70. The van der Waals surface area contributed by atoms with Crippen molar-refractivity contribution >= 4 is 11.6 Å². The van der Waals surface area contributed by atoms with Crippen LogP contribution in [0.2, 0.25) is 0 Å². The Kier molecular flexibility index (Phi) is 3.97. The standard InChI is InChI=1S/C13H10F5N3/c14-9-2-1-7(3-10(9)15)6-20-12-5-8(13(16,17)18)4-11(19)21-12/h1-5H,6H2,(H3,19,20,21). The number of aromatic nitrogens is 1. The Morgan fingerprint density at radius 2 is 1.76 bits per heavy atom. The van der Waals surface area contributed by atoms with Gasteiger partial charge in [0.05, 0.1) is 5.56 Å². The minimum Gasteiger partial charge on any atom is -0.384 e. The molecule has 0 aliphatic heterocycles. The van der Waals surface area contributed by atoms with Crippen LogP contribution in [0.1, 0.15) is 11.1 Å². The molecule has 0 bridgehead atoms. The third-order valence-corrected chi connectivity index (χ3v) is 2.63. The van der Waals surface area contributed by atoms with Crippen LogP contribution >= 0.6 is 0 Å². The van der Waals surface area contributed by atoms with Gasteiger partial charge in [-0.2, -0.15) is 13.2 Å². The lowest BCUT2D eigenvalue weighted by molar-refractivity contribution is -0.137. The summed E-state index contributed by atoms with van der Waals surface area (Å²) >= 11 is 0. The van der Waals surface area contributed by atoms with Crippen molar-refractivity contribution in [2.75, 3.05) is 11.1 Å². The van der Waals surface area contributed by atoms with Crippen molar-refractivity contribution in [2.45, 2.75) is 12.7 Å². The smallest absolute Gasteiger partial charge is 0.384 e. The van der Waals surface area contributed by atoms with Crippen LogP contribution in [0.15, 0.2) is 30.3 Å². The van der Waals surface area contributed by atoms with Gasteiger partial charge < -0.3 is 11.1 Å². The van der Waals surface area contributed by atoms with Gasteiger partial charge in [0.15, 0.2) is 11.6 Å². The van der Waals surface area contributed by atoms with Crippen molar-refractivity contribution in [2.24, 2.45) is 0 Å². The lowest BCUT2D eigenvalue weighted by Crippen LogP contribution is -2.10. The molecule has 0 amide bonds. The molecule has 0 saturated heterocycles. The summed E-state index contributed by atoms with van der Waals surface area (Å²) in [6, 6.07) is 4.68. The molecule has 0 fully saturated rings. The summed E-state index contributed by atoms with van der Waals surface area (Å²) < 4.78 is 63.6. The quantitative estimate of drug-likeness (QED) is 0.852. The molecule has 0 unspecified atom stereocenters. The minimum atomic E-state index is -4.55. The lowest BCUT2D eigenvalue weighted by atomic mass is 10.2. The first-order valence-electron chi connectivity index (χ1n) is 5.78. The van der Waals surface area contributed by atoms with Crippen LogP contribution in [0.5, 0.6) is 0 Å². The maximum atomic E-state index is 13.0. The zero-order valence-electron chi connectivity index (χ0n) is 10.5. The molecule has 0 spiro atoms. The summed E-state index contributed by atoms with van der Waals surface area (Å²) in [6.07, 6.45) is -4.55. The van der Waals surface area contributed by atoms with Crippen LogP contribution in [0.25, 0.3) is 0 Å². The molecule has 0 radical (unpaired) electrons. The molecule has 0 aliphatic rings. The Bertz CT molecular complexity index is 655. The van der Waals surface area contributed by atoms with Crippen LogP contribution in [-0.2, 0) is 12.7 Å². The first-order valence-corrected chi connectivity index (χ1v) is 5.78. The van der Waals surface area contributed by atoms with E-state index in [1.807, 2.05) is 0 Å². The van der Waals surface area contributed by atoms with E-state index in [1.54, 1.807) is 0 Å². The fourth-order valence-electron chi connectivity index (χ4n) is 1.65. The second-order valence-electron chi connectivity index (χ2n) is 4.27. The molecule has 2 aromatic rings. The highest BCUT2D eigenvalue weighted by molar-refractivity contribution is 5.47. The van der Waals surface area contributed by atoms with Gasteiger partial charge in [0.1, 0.15) is 11.6 Å². The Labute approximate surface area is 116 Å². The molecule has 1 heterocycles. The van der Waals surface area contributed by atoms with Gasteiger partial charge >= 0.3 is 6.18 Å². The van der Waals surface area contributed by atoms with Gasteiger partial charge in [-0.15, -0.1) is 0 Å². The van der Waals surface area contributed by atoms with Crippen molar-refractivity contribution in [1.82, 2.24) is 4.98 Å². The number of alkyl halides is 3. The lowest BCUT2D eigenvalue weighted by Gasteiger charge is -2.11. The summed E-state index contributed by atoms with van der Waals surface area (Å²) in [7, 11) is 0. The van der Waals surface area contributed by atoms with Crippen LogP contribution in [0.4, 0.5) is 33.6 Å². The van der Waals surface area contributed by atoms with E-state index in [0.29, 0.717) is 11.6 Å². The maximum absolute atomic E-state index is 13.0. The molecule has 1 aromatic heterocycles. The van der Waals surface area contributed by atoms with E-state index in [-0.39, 0.29) is 18.2 Å². The number of hydrogen-bond donors (Lipinski definition) is 2. The molecule has 0 aliphatic carbocycles. The molecule has 3 nitrogen and oxygen atoms in total. The van der Waals surface area contributed by atoms with E-state index < -0.39 is 23.4 Å². The van der Waals surface area contributed by atoms with Gasteiger partial charge in [-0.1, -0.05) is 6.07 Å². The average Bonchev–Trinajstić information content (AvgIpc) is 2.38. The molecule has 3 N–H and O–H groups in total. The van der Waals surface area contributed by atoms with Crippen molar-refractivity contribution < 1.29 is 22.0 Å². The highest BCUT2D eigenvalue weighted by atomic mass is 19.4. The predicted molar refractivity (Wildman–Crippen MR) is 67.3 cm³/mol. The van der Waals surface area contributed by atoms with Gasteiger partial charge in [-0.25, -0.2) is 13.8 Å². The zero-order valence-corrected chi connectivity index (χ0v) is 10.5. The molecule has 2 rings (SSSR count). The summed E-state index contributed by atoms with van der Waals surface area (Å²) in [6.45, 7) is -0.0229. The first-order chi connectivity index (χ1) is 9.75. The summed E-state index contributed by atoms with van der Waals surface area (Å²) in [5.41, 5.74) is 4.72. The first kappa shape index (κ1) is 15.0. The number of hydrogen-bond acceptors (Lipinski definition) is 3. The molecule has 1 aromatic carbocycles. The van der Waals surface area contributed by atoms with Gasteiger partial charge in [0, 0.05) is 6.54 Å². The highest BCUT2D eigenvalue weighted by Crippen LogP contribution is 2.31. The van der Waals surface area contributed by atoms with E-state index in [0.717, 1.165) is 18.2 Å². The molecule has 0 saturated carbocycles. The normalized spacial score (nSPS) is 11.5. The Balaban J connectivity index is 2.16. The number of anilines is 2. The predicted octanol–water partition coefficient (Wildman–Crippen LogP) is 3.57. The monoisotopic (exact) mass is 303 g/mol. The van der Waals surface area contributed by atoms with Gasteiger partial charge in [0.25, 0.3) is 0 Å². The van der Waals surface area contributed by atoms with E-state index in [1.165, 1.54) is 6.07 Å². The van der Waals surface area contributed by atoms with E-state index in [9.17, 15) is 22.0 Å². The number of pyridine rings is 1. The third-order valence-electron chi connectivity index (χ3n) is 2.63. The maximum Gasteiger partial charge on any atom is 0.416 e. The Morgan fingerprint density at radius 1 is 1.05 bits per heavy atom. The van der Waals surface area contributed by atoms with Crippen molar-refractivity contribution in [3.05, 3.63) is 53.1 Å². The largest absolute Gasteiger partial charge is 0.416 e. The van der Waals surface area contributed by atoms with Crippen LogP contribution < -0.4 is 11.1 Å². The zero-order chi connectivity index (χ0) is 15.6. The highest BCUT2D eigenvalue weighted by Gasteiger charge is 2.31. The topological polar surface area (TPSA) is 50.9 Å². The molecular formula is C13H10F5N3. The van der Waals surface area contributed by atoms with Crippen LogP contribution in [0, 0.1) is 11.6 Å². The summed E-state index contributed by atoms with van der Waals surface area (Å²) in [5.74, 6) is -2.43. The average molecular weight is 303 g/mol. The molecular weight excluding hydrogens is 293 g/mol. The molecule has 0 atom stereocenters. The number of benzene rings is 1. The van der Waals surface area contributed by atoms with E-state index in [2.05, 4.69) is 10.3 Å². The number of nitrogens with two attached hydrogens (primary N) is 1. The number of rotatable bonds is 3. The molecule has 8 heteroatoms. The Hall–Kier alpha value is -2.38. The van der Waals surface area contributed by atoms with Crippen molar-refractivity contribution in [1.29, 1.82) is 0 Å². The van der Waals surface area contributed by atoms with E-state index in [4.69, 9.17) is 5.73 Å². The number of nitrogens with zero attached hydrogens (tertiary/aromatic N) is 1. The second kappa shape index (κ2) is 5.55. The van der Waals surface area contributed by atoms with Gasteiger partial charge in [-0.3, -0.25) is 0 Å². The Morgan fingerprint density at radius 3 is 2.38 bits per heavy atom.